The van der Waals surface area contributed by atoms with Crippen molar-refractivity contribution in [2.45, 2.75) is 20.1 Å². The Morgan fingerprint density at radius 2 is 2.00 bits per heavy atom. The van der Waals surface area contributed by atoms with Crippen molar-refractivity contribution in [1.82, 2.24) is 5.32 Å². The summed E-state index contributed by atoms with van der Waals surface area (Å²) in [5.41, 5.74) is 0.647. The Morgan fingerprint density at radius 3 is 2.56 bits per heavy atom. The van der Waals surface area contributed by atoms with Gasteiger partial charge < -0.3 is 14.8 Å². The number of halogens is 1. The predicted octanol–water partition coefficient (Wildman–Crippen LogP) is 2.42. The molecule has 0 aliphatic rings. The van der Waals surface area contributed by atoms with Crippen LogP contribution < -0.4 is 5.32 Å². The van der Waals surface area contributed by atoms with Crippen LogP contribution in [0.2, 0.25) is 0 Å². The Bertz CT molecular complexity index is 378. The van der Waals surface area contributed by atoms with Crippen molar-refractivity contribution in [2.24, 2.45) is 0 Å². The first-order chi connectivity index (χ1) is 8.67. The van der Waals surface area contributed by atoms with E-state index in [0.717, 1.165) is 3.57 Å². The van der Waals surface area contributed by atoms with Gasteiger partial charge in [0, 0.05) is 22.3 Å². The fraction of sp³-hybridized carbons (Fsp3) is 0.462. The van der Waals surface area contributed by atoms with Gasteiger partial charge in [0.2, 0.25) is 0 Å². The second-order valence-corrected chi connectivity index (χ2v) is 4.81. The third-order valence-electron chi connectivity index (χ3n) is 2.22. The maximum atomic E-state index is 11.9. The fourth-order valence-electron chi connectivity index (χ4n) is 1.45. The van der Waals surface area contributed by atoms with Gasteiger partial charge in [0.15, 0.2) is 6.29 Å². The van der Waals surface area contributed by atoms with Crippen molar-refractivity contribution in [3.8, 4) is 0 Å². The Morgan fingerprint density at radius 1 is 1.33 bits per heavy atom. The van der Waals surface area contributed by atoms with Gasteiger partial charge in [-0.1, -0.05) is 6.07 Å². The van der Waals surface area contributed by atoms with Gasteiger partial charge in [0.05, 0.1) is 6.54 Å². The molecule has 0 fully saturated rings. The van der Waals surface area contributed by atoms with Gasteiger partial charge >= 0.3 is 0 Å². The van der Waals surface area contributed by atoms with E-state index in [4.69, 9.17) is 9.47 Å². The topological polar surface area (TPSA) is 47.6 Å². The average Bonchev–Trinajstić information content (AvgIpc) is 2.36. The van der Waals surface area contributed by atoms with E-state index >= 15 is 0 Å². The molecule has 4 nitrogen and oxygen atoms in total. The molecule has 1 aromatic carbocycles. The Labute approximate surface area is 121 Å². The van der Waals surface area contributed by atoms with Crippen LogP contribution >= 0.6 is 22.6 Å². The van der Waals surface area contributed by atoms with E-state index in [0.29, 0.717) is 25.3 Å². The van der Waals surface area contributed by atoms with Crippen molar-refractivity contribution in [1.29, 1.82) is 0 Å². The summed E-state index contributed by atoms with van der Waals surface area (Å²) in [5, 5.41) is 2.80. The number of rotatable bonds is 7. The van der Waals surface area contributed by atoms with Gasteiger partial charge in [0.25, 0.3) is 5.91 Å². The molecule has 1 aromatic rings. The molecular formula is C13H18INO3. The quantitative estimate of drug-likeness (QED) is 0.598. The van der Waals surface area contributed by atoms with Crippen LogP contribution in [0, 0.1) is 3.57 Å². The zero-order valence-electron chi connectivity index (χ0n) is 10.6. The number of nitrogens with one attached hydrogen (secondary N) is 1. The van der Waals surface area contributed by atoms with E-state index in [1.165, 1.54) is 0 Å². The van der Waals surface area contributed by atoms with Crippen molar-refractivity contribution in [3.05, 3.63) is 33.4 Å². The van der Waals surface area contributed by atoms with E-state index in [-0.39, 0.29) is 12.2 Å². The largest absolute Gasteiger partial charge is 0.351 e. The number of carbonyl (C=O) groups is 1. The molecule has 1 amide bonds. The zero-order chi connectivity index (χ0) is 13.4. The van der Waals surface area contributed by atoms with E-state index in [2.05, 4.69) is 27.9 Å². The first-order valence-corrected chi connectivity index (χ1v) is 7.02. The highest BCUT2D eigenvalue weighted by Gasteiger charge is 2.11. The molecule has 0 bridgehead atoms. The second-order valence-electron chi connectivity index (χ2n) is 3.56. The first kappa shape index (κ1) is 15.4. The van der Waals surface area contributed by atoms with Crippen LogP contribution in [-0.2, 0) is 9.47 Å². The molecule has 100 valence electrons. The highest BCUT2D eigenvalue weighted by molar-refractivity contribution is 14.1. The van der Waals surface area contributed by atoms with Gasteiger partial charge in [-0.3, -0.25) is 4.79 Å². The van der Waals surface area contributed by atoms with Crippen molar-refractivity contribution >= 4 is 28.5 Å². The van der Waals surface area contributed by atoms with Gasteiger partial charge in [-0.2, -0.15) is 0 Å². The summed E-state index contributed by atoms with van der Waals surface area (Å²) in [5.74, 6) is -0.113. The van der Waals surface area contributed by atoms with Gasteiger partial charge in [0.1, 0.15) is 0 Å². The number of amides is 1. The van der Waals surface area contributed by atoms with Gasteiger partial charge in [-0.15, -0.1) is 0 Å². The average molecular weight is 363 g/mol. The summed E-state index contributed by atoms with van der Waals surface area (Å²) in [7, 11) is 0. The van der Waals surface area contributed by atoms with Crippen LogP contribution in [-0.4, -0.2) is 32.0 Å². The SMILES string of the molecule is CCOC(CNC(=O)c1cccc(I)c1)OCC. The summed E-state index contributed by atoms with van der Waals surface area (Å²) in [6, 6.07) is 7.43. The molecule has 0 aliphatic carbocycles. The molecule has 0 heterocycles. The summed E-state index contributed by atoms with van der Waals surface area (Å²) in [4.78, 5) is 11.9. The summed E-state index contributed by atoms with van der Waals surface area (Å²) in [6.45, 7) is 5.26. The van der Waals surface area contributed by atoms with Crippen LogP contribution in [0.15, 0.2) is 24.3 Å². The van der Waals surface area contributed by atoms with Crippen LogP contribution in [0.1, 0.15) is 24.2 Å². The Hall–Kier alpha value is -0.660. The molecule has 0 aliphatic heterocycles. The summed E-state index contributed by atoms with van der Waals surface area (Å²) in [6.07, 6.45) is -0.383. The van der Waals surface area contributed by atoms with Crippen molar-refractivity contribution in [2.75, 3.05) is 19.8 Å². The van der Waals surface area contributed by atoms with Gasteiger partial charge in [-0.25, -0.2) is 0 Å². The van der Waals surface area contributed by atoms with E-state index in [1.807, 2.05) is 32.0 Å². The minimum absolute atomic E-state index is 0.113. The standard InChI is InChI=1S/C13H18INO3/c1-3-17-12(18-4-2)9-15-13(16)10-6-5-7-11(14)8-10/h5-8,12H,3-4,9H2,1-2H3,(H,15,16). The van der Waals surface area contributed by atoms with E-state index in [1.54, 1.807) is 6.07 Å². The molecule has 5 heteroatoms. The summed E-state index contributed by atoms with van der Waals surface area (Å²) < 4.78 is 11.7. The maximum Gasteiger partial charge on any atom is 0.251 e. The van der Waals surface area contributed by atoms with E-state index in [9.17, 15) is 4.79 Å². The Balaban J connectivity index is 2.49. The molecule has 1 rings (SSSR count). The molecule has 0 radical (unpaired) electrons. The molecule has 1 N–H and O–H groups in total. The van der Waals surface area contributed by atoms with Crippen LogP contribution in [0.4, 0.5) is 0 Å². The lowest BCUT2D eigenvalue weighted by Crippen LogP contribution is -2.35. The van der Waals surface area contributed by atoms with Crippen molar-refractivity contribution in [3.63, 3.8) is 0 Å². The third kappa shape index (κ3) is 5.32. The normalized spacial score (nSPS) is 10.7. The lowest BCUT2D eigenvalue weighted by Gasteiger charge is -2.17. The van der Waals surface area contributed by atoms with Crippen LogP contribution in [0.3, 0.4) is 0 Å². The smallest absolute Gasteiger partial charge is 0.251 e. The minimum Gasteiger partial charge on any atom is -0.351 e. The number of hydrogen-bond donors (Lipinski definition) is 1. The third-order valence-corrected chi connectivity index (χ3v) is 2.89. The monoisotopic (exact) mass is 363 g/mol. The zero-order valence-corrected chi connectivity index (χ0v) is 12.8. The molecule has 0 saturated heterocycles. The first-order valence-electron chi connectivity index (χ1n) is 5.94. The predicted molar refractivity (Wildman–Crippen MR) is 78.5 cm³/mol. The fourth-order valence-corrected chi connectivity index (χ4v) is 1.99. The highest BCUT2D eigenvalue weighted by atomic mass is 127. The minimum atomic E-state index is -0.383. The van der Waals surface area contributed by atoms with Crippen LogP contribution in [0.25, 0.3) is 0 Å². The number of hydrogen-bond acceptors (Lipinski definition) is 3. The lowest BCUT2D eigenvalue weighted by atomic mass is 10.2. The molecule has 0 saturated carbocycles. The molecule has 0 unspecified atom stereocenters. The molecule has 0 atom stereocenters. The van der Waals surface area contributed by atoms with E-state index < -0.39 is 0 Å². The highest BCUT2D eigenvalue weighted by Crippen LogP contribution is 2.07. The number of benzene rings is 1. The number of ether oxygens (including phenoxy) is 2. The summed E-state index contributed by atoms with van der Waals surface area (Å²) >= 11 is 2.18. The Kier molecular flexibility index (Phi) is 7.22. The molecular weight excluding hydrogens is 345 g/mol. The molecule has 18 heavy (non-hydrogen) atoms. The molecule has 0 spiro atoms. The molecule has 0 aromatic heterocycles. The van der Waals surface area contributed by atoms with Crippen LogP contribution in [0.5, 0.6) is 0 Å². The number of carbonyl (C=O) groups excluding carboxylic acids is 1. The van der Waals surface area contributed by atoms with Gasteiger partial charge in [-0.05, 0) is 54.6 Å². The van der Waals surface area contributed by atoms with Crippen molar-refractivity contribution < 1.29 is 14.3 Å². The second kappa shape index (κ2) is 8.44. The maximum absolute atomic E-state index is 11.9. The lowest BCUT2D eigenvalue weighted by molar-refractivity contribution is -0.131.